The van der Waals surface area contributed by atoms with Gasteiger partial charge in [-0.05, 0) is 26.3 Å². The lowest BCUT2D eigenvalue weighted by Gasteiger charge is -2.03. The Labute approximate surface area is 148 Å². The molecule has 2 heterocycles. The summed E-state index contributed by atoms with van der Waals surface area (Å²) in [5, 5.41) is 5.03. The van der Waals surface area contributed by atoms with Gasteiger partial charge in [0.25, 0.3) is 5.56 Å². The van der Waals surface area contributed by atoms with E-state index in [-0.39, 0.29) is 18.7 Å². The Balaban J connectivity index is 1.64. The van der Waals surface area contributed by atoms with Crippen LogP contribution in [0.15, 0.2) is 39.0 Å². The molecule has 0 aliphatic heterocycles. The molecular formula is C18H19N5O3. The molecule has 4 N–H and O–H groups in total. The molecule has 0 fully saturated rings. The summed E-state index contributed by atoms with van der Waals surface area (Å²) in [5.74, 6) is -0.316. The van der Waals surface area contributed by atoms with Crippen LogP contribution in [0.3, 0.4) is 0 Å². The molecular weight excluding hydrogens is 334 g/mol. The number of hydrazone groups is 1. The molecule has 8 nitrogen and oxygen atoms in total. The number of carbonyl (C=O) groups is 1. The molecule has 0 radical (unpaired) electrons. The molecule has 0 unspecified atom stereocenters. The number of rotatable bonds is 5. The lowest BCUT2D eigenvalue weighted by molar-refractivity contribution is -0.121. The molecule has 0 bridgehead atoms. The van der Waals surface area contributed by atoms with Crippen LogP contribution in [0.5, 0.6) is 0 Å². The number of aromatic nitrogens is 3. The van der Waals surface area contributed by atoms with Crippen molar-refractivity contribution in [3.63, 3.8) is 0 Å². The molecule has 0 atom stereocenters. The predicted molar refractivity (Wildman–Crippen MR) is 99.5 cm³/mol. The number of fused-ring (bicyclic) bond motifs is 1. The number of hydrogen-bond acceptors (Lipinski definition) is 4. The smallest absolute Gasteiger partial charge is 0.325 e. The van der Waals surface area contributed by atoms with Gasteiger partial charge in [-0.2, -0.15) is 5.10 Å². The van der Waals surface area contributed by atoms with Crippen molar-refractivity contribution in [2.24, 2.45) is 5.10 Å². The van der Waals surface area contributed by atoms with Crippen molar-refractivity contribution in [1.82, 2.24) is 20.4 Å². The molecule has 8 heteroatoms. The first-order chi connectivity index (χ1) is 12.5. The summed E-state index contributed by atoms with van der Waals surface area (Å²) in [6, 6.07) is 7.84. The Morgan fingerprint density at radius 3 is 2.65 bits per heavy atom. The summed E-state index contributed by atoms with van der Waals surface area (Å²) in [4.78, 5) is 42.8. The van der Waals surface area contributed by atoms with Crippen molar-refractivity contribution in [2.75, 3.05) is 0 Å². The lowest BCUT2D eigenvalue weighted by Crippen LogP contribution is -2.28. The second kappa shape index (κ2) is 7.22. The third-order valence-electron chi connectivity index (χ3n) is 4.18. The highest BCUT2D eigenvalue weighted by Gasteiger charge is 2.09. The zero-order chi connectivity index (χ0) is 18.7. The zero-order valence-electron chi connectivity index (χ0n) is 14.5. The SMILES string of the molecule is Cc1[nH]c(=O)[nH]c(=O)c1CCC(=O)N/N=C/c1c(C)[nH]c2ccccc12. The number of carbonyl (C=O) groups excluding carboxylic acids is 1. The van der Waals surface area contributed by atoms with Crippen LogP contribution in [0.4, 0.5) is 0 Å². The van der Waals surface area contributed by atoms with Gasteiger partial charge in [-0.15, -0.1) is 0 Å². The van der Waals surface area contributed by atoms with Gasteiger partial charge in [0.05, 0.1) is 6.21 Å². The molecule has 3 rings (SSSR count). The van der Waals surface area contributed by atoms with Gasteiger partial charge in [-0.1, -0.05) is 18.2 Å². The van der Waals surface area contributed by atoms with E-state index in [4.69, 9.17) is 0 Å². The first-order valence-electron chi connectivity index (χ1n) is 8.17. The first-order valence-corrected chi connectivity index (χ1v) is 8.17. The van der Waals surface area contributed by atoms with E-state index in [1.165, 1.54) is 0 Å². The Morgan fingerprint density at radius 1 is 1.12 bits per heavy atom. The van der Waals surface area contributed by atoms with Gasteiger partial charge >= 0.3 is 5.69 Å². The minimum atomic E-state index is -0.556. The van der Waals surface area contributed by atoms with Gasteiger partial charge in [-0.3, -0.25) is 14.6 Å². The summed E-state index contributed by atoms with van der Waals surface area (Å²) >= 11 is 0. The Hall–Kier alpha value is -3.42. The molecule has 2 aromatic heterocycles. The van der Waals surface area contributed by atoms with Crippen LogP contribution in [-0.4, -0.2) is 27.1 Å². The summed E-state index contributed by atoms with van der Waals surface area (Å²) in [6.45, 7) is 3.57. The van der Waals surface area contributed by atoms with Crippen molar-refractivity contribution in [2.45, 2.75) is 26.7 Å². The highest BCUT2D eigenvalue weighted by Crippen LogP contribution is 2.19. The van der Waals surface area contributed by atoms with E-state index in [0.29, 0.717) is 11.3 Å². The minimum absolute atomic E-state index is 0.0835. The van der Waals surface area contributed by atoms with E-state index in [2.05, 4.69) is 25.5 Å². The summed E-state index contributed by atoms with van der Waals surface area (Å²) < 4.78 is 0. The molecule has 26 heavy (non-hydrogen) atoms. The second-order valence-corrected chi connectivity index (χ2v) is 6.01. The van der Waals surface area contributed by atoms with Gasteiger partial charge in [0.1, 0.15) is 0 Å². The third-order valence-corrected chi connectivity index (χ3v) is 4.18. The number of H-pyrrole nitrogens is 3. The normalized spacial score (nSPS) is 11.3. The van der Waals surface area contributed by atoms with Crippen LogP contribution in [0.1, 0.15) is 28.9 Å². The van der Waals surface area contributed by atoms with Crippen LogP contribution in [0, 0.1) is 13.8 Å². The number of nitrogens with zero attached hydrogens (tertiary/aromatic N) is 1. The van der Waals surface area contributed by atoms with E-state index in [9.17, 15) is 14.4 Å². The average molecular weight is 353 g/mol. The Kier molecular flexibility index (Phi) is 4.83. The van der Waals surface area contributed by atoms with Crippen molar-refractivity contribution in [1.29, 1.82) is 0 Å². The maximum Gasteiger partial charge on any atom is 0.325 e. The fourth-order valence-electron chi connectivity index (χ4n) is 2.85. The molecule has 1 aromatic carbocycles. The highest BCUT2D eigenvalue weighted by molar-refractivity contribution is 6.00. The van der Waals surface area contributed by atoms with Crippen LogP contribution in [-0.2, 0) is 11.2 Å². The van der Waals surface area contributed by atoms with Crippen molar-refractivity contribution < 1.29 is 4.79 Å². The first kappa shape index (κ1) is 17.4. The van der Waals surface area contributed by atoms with Crippen molar-refractivity contribution in [3.05, 3.63) is 67.6 Å². The number of hydrogen-bond donors (Lipinski definition) is 4. The molecule has 0 aliphatic rings. The van der Waals surface area contributed by atoms with Crippen LogP contribution >= 0.6 is 0 Å². The number of para-hydroxylation sites is 1. The number of benzene rings is 1. The zero-order valence-corrected chi connectivity index (χ0v) is 14.5. The average Bonchev–Trinajstić information content (AvgIpc) is 2.89. The maximum atomic E-state index is 12.0. The largest absolute Gasteiger partial charge is 0.358 e. The standard InChI is InChI=1S/C18H19N5O3/c1-10-12(17(25)22-18(26)21-10)7-8-16(24)23-19-9-14-11(2)20-15-6-4-3-5-13(14)15/h3-6,9,20H,7-8H2,1-2H3,(H,23,24)(H2,21,22,25,26)/b19-9+. The van der Waals surface area contributed by atoms with Crippen LogP contribution in [0.25, 0.3) is 10.9 Å². The molecule has 134 valence electrons. The van der Waals surface area contributed by atoms with Gasteiger partial charge in [-0.25, -0.2) is 10.2 Å². The summed E-state index contributed by atoms with van der Waals surface area (Å²) in [5.41, 5.74) is 5.16. The quantitative estimate of drug-likeness (QED) is 0.408. The maximum absolute atomic E-state index is 12.0. The Bertz CT molecular complexity index is 1100. The van der Waals surface area contributed by atoms with E-state index < -0.39 is 11.2 Å². The van der Waals surface area contributed by atoms with Crippen LogP contribution < -0.4 is 16.7 Å². The highest BCUT2D eigenvalue weighted by atomic mass is 16.2. The van der Waals surface area contributed by atoms with Gasteiger partial charge < -0.3 is 9.97 Å². The third kappa shape index (κ3) is 3.64. The van der Waals surface area contributed by atoms with Crippen molar-refractivity contribution in [3.8, 4) is 0 Å². The molecule has 0 saturated heterocycles. The topological polar surface area (TPSA) is 123 Å². The van der Waals surface area contributed by atoms with Gasteiger partial charge in [0.15, 0.2) is 0 Å². The van der Waals surface area contributed by atoms with Crippen LogP contribution in [0.2, 0.25) is 0 Å². The number of nitrogens with one attached hydrogen (secondary N) is 4. The Morgan fingerprint density at radius 2 is 1.88 bits per heavy atom. The lowest BCUT2D eigenvalue weighted by atomic mass is 10.1. The monoisotopic (exact) mass is 353 g/mol. The number of amides is 1. The molecule has 3 aromatic rings. The van der Waals surface area contributed by atoms with E-state index in [0.717, 1.165) is 22.2 Å². The summed E-state index contributed by atoms with van der Waals surface area (Å²) in [6.07, 6.45) is 1.90. The summed E-state index contributed by atoms with van der Waals surface area (Å²) in [7, 11) is 0. The van der Waals surface area contributed by atoms with E-state index in [1.807, 2.05) is 31.2 Å². The minimum Gasteiger partial charge on any atom is -0.358 e. The predicted octanol–water partition coefficient (Wildman–Crippen LogP) is 1.24. The van der Waals surface area contributed by atoms with E-state index in [1.54, 1.807) is 13.1 Å². The van der Waals surface area contributed by atoms with Crippen molar-refractivity contribution >= 4 is 23.0 Å². The molecule has 0 spiro atoms. The second-order valence-electron chi connectivity index (χ2n) is 6.01. The number of aromatic amines is 3. The fourth-order valence-corrected chi connectivity index (χ4v) is 2.85. The fraction of sp³-hybridized carbons (Fsp3) is 0.222. The molecule has 0 aliphatic carbocycles. The molecule has 1 amide bonds. The van der Waals surface area contributed by atoms with E-state index >= 15 is 0 Å². The number of aryl methyl sites for hydroxylation is 2. The van der Waals surface area contributed by atoms with Gasteiger partial charge in [0, 0.05) is 39.8 Å². The van der Waals surface area contributed by atoms with Gasteiger partial charge in [0.2, 0.25) is 5.91 Å². The molecule has 0 saturated carbocycles.